The molecule has 0 atom stereocenters. The molecule has 0 bridgehead atoms. The molecule has 1 aliphatic carbocycles. The molecule has 13 nitrogen and oxygen atoms in total. The Balaban J connectivity index is 1.22. The summed E-state index contributed by atoms with van der Waals surface area (Å²) in [6.07, 6.45) is 6.98. The lowest BCUT2D eigenvalue weighted by Gasteiger charge is -2.38. The number of ether oxygens (including phenoxy) is 1. The molecule has 1 aliphatic heterocycles. The van der Waals surface area contributed by atoms with Gasteiger partial charge in [-0.2, -0.15) is 5.10 Å². The molecule has 3 amide bonds. The van der Waals surface area contributed by atoms with Crippen LogP contribution in [0.25, 0.3) is 11.1 Å². The van der Waals surface area contributed by atoms with Gasteiger partial charge in [0.1, 0.15) is 11.4 Å². The van der Waals surface area contributed by atoms with Gasteiger partial charge in [-0.3, -0.25) is 24.0 Å². The number of hydrogen-bond acceptors (Lipinski definition) is 9. The second-order valence-corrected chi connectivity index (χ2v) is 10.1. The third-order valence-corrected chi connectivity index (χ3v) is 7.24. The third-order valence-electron chi connectivity index (χ3n) is 7.24. The van der Waals surface area contributed by atoms with Crippen molar-refractivity contribution >= 4 is 34.9 Å². The number of likely N-dealkylation sites (tertiary alicyclic amines) is 1. The van der Waals surface area contributed by atoms with Gasteiger partial charge in [0.25, 0.3) is 11.8 Å². The Bertz CT molecular complexity index is 1650. The maximum Gasteiger partial charge on any atom is 0.273 e. The number of pyridine rings is 1. The first-order chi connectivity index (χ1) is 20.4. The quantitative estimate of drug-likeness (QED) is 0.277. The van der Waals surface area contributed by atoms with Crippen LogP contribution < -0.4 is 20.7 Å². The first kappa shape index (κ1) is 26.9. The number of benzene rings is 1. The molecule has 0 spiro atoms. The number of carbonyl (C=O) groups is 3. The van der Waals surface area contributed by atoms with Crippen molar-refractivity contribution in [2.75, 3.05) is 37.9 Å². The molecule has 0 radical (unpaired) electrons. The molecule has 1 aromatic carbocycles. The van der Waals surface area contributed by atoms with Crippen LogP contribution in [0.3, 0.4) is 0 Å². The normalized spacial score (nSPS) is 14.6. The van der Waals surface area contributed by atoms with Crippen molar-refractivity contribution in [2.45, 2.75) is 18.9 Å². The Hall–Kier alpha value is -5.33. The Labute approximate surface area is 241 Å². The number of amides is 3. The Morgan fingerprint density at radius 1 is 1.02 bits per heavy atom. The zero-order chi connectivity index (χ0) is 29.2. The van der Waals surface area contributed by atoms with Crippen molar-refractivity contribution in [1.29, 1.82) is 0 Å². The molecule has 214 valence electrons. The van der Waals surface area contributed by atoms with Crippen molar-refractivity contribution in [1.82, 2.24) is 35.2 Å². The molecule has 6 rings (SSSR count). The van der Waals surface area contributed by atoms with Crippen LogP contribution >= 0.6 is 0 Å². The van der Waals surface area contributed by atoms with Gasteiger partial charge in [0.2, 0.25) is 5.91 Å². The second kappa shape index (κ2) is 11.3. The minimum Gasteiger partial charge on any atom is -0.494 e. The third kappa shape index (κ3) is 5.36. The van der Waals surface area contributed by atoms with Gasteiger partial charge in [0.15, 0.2) is 11.5 Å². The molecule has 1 saturated carbocycles. The SMILES string of the molecule is CNC(=O)c1nnc(NC(=O)C2CC2)cc1Nc1cccc(-c2cnn(C3CN(C(=O)c4ccccn4)C3)c2)c1OC. The summed E-state index contributed by atoms with van der Waals surface area (Å²) in [5.74, 6) is 0.115. The smallest absolute Gasteiger partial charge is 0.273 e. The molecule has 3 N–H and O–H groups in total. The van der Waals surface area contributed by atoms with E-state index in [0.717, 1.165) is 24.0 Å². The topological polar surface area (TPSA) is 156 Å². The van der Waals surface area contributed by atoms with E-state index in [1.54, 1.807) is 48.7 Å². The first-order valence-corrected chi connectivity index (χ1v) is 13.5. The van der Waals surface area contributed by atoms with E-state index in [1.165, 1.54) is 7.05 Å². The highest BCUT2D eigenvalue weighted by Crippen LogP contribution is 2.39. The fourth-order valence-corrected chi connectivity index (χ4v) is 4.75. The van der Waals surface area contributed by atoms with Crippen LogP contribution in [0.2, 0.25) is 0 Å². The zero-order valence-electron chi connectivity index (χ0n) is 23.1. The van der Waals surface area contributed by atoms with Crippen molar-refractivity contribution in [2.24, 2.45) is 5.92 Å². The van der Waals surface area contributed by atoms with E-state index in [4.69, 9.17) is 4.74 Å². The van der Waals surface area contributed by atoms with Crippen LogP contribution in [0.4, 0.5) is 17.2 Å². The van der Waals surface area contributed by atoms with Gasteiger partial charge in [-0.05, 0) is 31.0 Å². The molecule has 4 aromatic rings. The average molecular weight is 568 g/mol. The van der Waals surface area contributed by atoms with E-state index in [9.17, 15) is 14.4 Å². The largest absolute Gasteiger partial charge is 0.494 e. The minimum absolute atomic E-state index is 0.0103. The summed E-state index contributed by atoms with van der Waals surface area (Å²) in [6.45, 7) is 1.07. The predicted octanol–water partition coefficient (Wildman–Crippen LogP) is 2.89. The molecule has 1 saturated heterocycles. The second-order valence-electron chi connectivity index (χ2n) is 10.1. The summed E-state index contributed by atoms with van der Waals surface area (Å²) in [5.41, 5.74) is 3.02. The molecule has 2 aliphatic rings. The lowest BCUT2D eigenvalue weighted by atomic mass is 10.1. The average Bonchev–Trinajstić information content (AvgIpc) is 3.74. The number of hydrogen-bond donors (Lipinski definition) is 3. The summed E-state index contributed by atoms with van der Waals surface area (Å²) in [4.78, 5) is 43.4. The summed E-state index contributed by atoms with van der Waals surface area (Å²) < 4.78 is 7.66. The standard InChI is InChI=1S/C29H29N9O4/c1-30-28(40)25-23(12-24(35-36-25)34-27(39)17-9-10-17)33-21-8-5-6-20(26(21)42-2)18-13-32-38(14-18)19-15-37(16-19)29(41)22-7-3-4-11-31-22/h3-8,11-14,17,19H,9-10,15-16H2,1-2H3,(H,30,40)(H2,33,34,35,39). The Morgan fingerprint density at radius 3 is 2.57 bits per heavy atom. The van der Waals surface area contributed by atoms with Crippen molar-refractivity contribution in [3.63, 3.8) is 0 Å². The number of nitrogens with zero attached hydrogens (tertiary/aromatic N) is 6. The predicted molar refractivity (Wildman–Crippen MR) is 153 cm³/mol. The number of anilines is 3. The van der Waals surface area contributed by atoms with E-state index >= 15 is 0 Å². The summed E-state index contributed by atoms with van der Waals surface area (Å²) in [5, 5.41) is 21.2. The molecular weight excluding hydrogens is 538 g/mol. The maximum absolute atomic E-state index is 12.6. The van der Waals surface area contributed by atoms with Gasteiger partial charge in [0, 0.05) is 55.6 Å². The maximum atomic E-state index is 12.6. The van der Waals surface area contributed by atoms with Crippen molar-refractivity contribution in [3.05, 3.63) is 72.4 Å². The van der Waals surface area contributed by atoms with Crippen LogP contribution in [-0.2, 0) is 4.79 Å². The van der Waals surface area contributed by atoms with Gasteiger partial charge < -0.3 is 25.6 Å². The number of methoxy groups -OCH3 is 1. The molecule has 13 heteroatoms. The Morgan fingerprint density at radius 2 is 1.86 bits per heavy atom. The summed E-state index contributed by atoms with van der Waals surface area (Å²) in [7, 11) is 3.07. The van der Waals surface area contributed by atoms with Crippen LogP contribution in [0.15, 0.2) is 61.1 Å². The van der Waals surface area contributed by atoms with Crippen LogP contribution in [0.5, 0.6) is 5.75 Å². The number of para-hydroxylation sites is 1. The van der Waals surface area contributed by atoms with Crippen LogP contribution in [-0.4, -0.2) is 74.8 Å². The molecular formula is C29H29N9O4. The Kier molecular flexibility index (Phi) is 7.21. The van der Waals surface area contributed by atoms with E-state index in [0.29, 0.717) is 35.9 Å². The van der Waals surface area contributed by atoms with Crippen LogP contribution in [0.1, 0.15) is 39.9 Å². The zero-order valence-corrected chi connectivity index (χ0v) is 23.1. The highest BCUT2D eigenvalue weighted by molar-refractivity contribution is 6.00. The highest BCUT2D eigenvalue weighted by atomic mass is 16.5. The van der Waals surface area contributed by atoms with Gasteiger partial charge in [0.05, 0.1) is 30.7 Å². The van der Waals surface area contributed by atoms with Gasteiger partial charge >= 0.3 is 0 Å². The molecule has 42 heavy (non-hydrogen) atoms. The van der Waals surface area contributed by atoms with E-state index in [-0.39, 0.29) is 35.3 Å². The van der Waals surface area contributed by atoms with Crippen molar-refractivity contribution < 1.29 is 19.1 Å². The molecule has 0 unspecified atom stereocenters. The fraction of sp³-hybridized carbons (Fsp3) is 0.276. The van der Waals surface area contributed by atoms with E-state index in [1.807, 2.05) is 29.1 Å². The van der Waals surface area contributed by atoms with E-state index < -0.39 is 5.91 Å². The first-order valence-electron chi connectivity index (χ1n) is 13.5. The molecule has 3 aromatic heterocycles. The monoisotopic (exact) mass is 567 g/mol. The minimum atomic E-state index is -0.433. The molecule has 4 heterocycles. The summed E-state index contributed by atoms with van der Waals surface area (Å²) in [6, 6.07) is 12.5. The van der Waals surface area contributed by atoms with Crippen LogP contribution in [0, 0.1) is 5.92 Å². The number of rotatable bonds is 9. The number of aromatic nitrogens is 5. The van der Waals surface area contributed by atoms with Crippen molar-refractivity contribution in [3.8, 4) is 16.9 Å². The van der Waals surface area contributed by atoms with Gasteiger partial charge in [-0.15, -0.1) is 10.2 Å². The van der Waals surface area contributed by atoms with E-state index in [2.05, 4.69) is 36.2 Å². The fourth-order valence-electron chi connectivity index (χ4n) is 4.75. The molecule has 2 fully saturated rings. The number of carbonyl (C=O) groups excluding carboxylic acids is 3. The van der Waals surface area contributed by atoms with Gasteiger partial charge in [-0.25, -0.2) is 0 Å². The lowest BCUT2D eigenvalue weighted by molar-refractivity contribution is -0.117. The number of nitrogens with one attached hydrogen (secondary N) is 3. The lowest BCUT2D eigenvalue weighted by Crippen LogP contribution is -2.51. The van der Waals surface area contributed by atoms with Gasteiger partial charge in [-0.1, -0.05) is 18.2 Å². The highest BCUT2D eigenvalue weighted by Gasteiger charge is 2.34. The summed E-state index contributed by atoms with van der Waals surface area (Å²) >= 11 is 0.